The first-order valence-corrected chi connectivity index (χ1v) is 9.20. The van der Waals surface area contributed by atoms with Gasteiger partial charge in [-0.05, 0) is 42.7 Å². The van der Waals surface area contributed by atoms with Crippen LogP contribution in [0.15, 0.2) is 47.4 Å². The van der Waals surface area contributed by atoms with E-state index in [-0.39, 0.29) is 36.1 Å². The van der Waals surface area contributed by atoms with Crippen molar-refractivity contribution in [3.63, 3.8) is 0 Å². The van der Waals surface area contributed by atoms with Crippen molar-refractivity contribution < 1.29 is 14.4 Å². The molecule has 1 aliphatic carbocycles. The molecule has 0 radical (unpaired) electrons. The number of amides is 3. The number of rotatable bonds is 5. The summed E-state index contributed by atoms with van der Waals surface area (Å²) in [6, 6.07) is 9.42. The second-order valence-electron chi connectivity index (χ2n) is 6.02. The maximum absolute atomic E-state index is 12.4. The first-order chi connectivity index (χ1) is 12.1. The van der Waals surface area contributed by atoms with Crippen LogP contribution in [0.1, 0.15) is 24.8 Å². The van der Waals surface area contributed by atoms with Gasteiger partial charge in [0.05, 0.1) is 4.91 Å². The molecule has 1 N–H and O–H groups in total. The van der Waals surface area contributed by atoms with Gasteiger partial charge in [0.2, 0.25) is 5.91 Å². The van der Waals surface area contributed by atoms with Gasteiger partial charge in [-0.3, -0.25) is 19.3 Å². The molecule has 130 valence electrons. The molecule has 5 nitrogen and oxygen atoms in total. The second-order valence-corrected chi connectivity index (χ2v) is 7.01. The van der Waals surface area contributed by atoms with E-state index < -0.39 is 0 Å². The van der Waals surface area contributed by atoms with Gasteiger partial charge in [-0.15, -0.1) is 0 Å². The van der Waals surface area contributed by atoms with Gasteiger partial charge in [0.15, 0.2) is 0 Å². The number of nitrogens with one attached hydrogen (secondary N) is 1. The standard InChI is InChI=1S/C19H20N2O3S/c22-17(15-9-5-2-6-10-15)20-11-12-21-18(23)16(25-19(21)24)13-14-7-3-1-4-8-14/h1-5,7-8,13,15H,6,9-12H2,(H,20,22)/b16-13+/t15-/m0/s1. The second kappa shape index (κ2) is 8.16. The molecule has 0 spiro atoms. The topological polar surface area (TPSA) is 66.5 Å². The average Bonchev–Trinajstić information content (AvgIpc) is 2.90. The average molecular weight is 356 g/mol. The van der Waals surface area contributed by atoms with E-state index in [4.69, 9.17) is 0 Å². The molecule has 0 unspecified atom stereocenters. The van der Waals surface area contributed by atoms with Crippen LogP contribution >= 0.6 is 11.8 Å². The number of hydrogen-bond donors (Lipinski definition) is 1. The van der Waals surface area contributed by atoms with Crippen molar-refractivity contribution in [3.05, 3.63) is 53.0 Å². The van der Waals surface area contributed by atoms with Crippen molar-refractivity contribution in [1.29, 1.82) is 0 Å². The molecule has 25 heavy (non-hydrogen) atoms. The maximum Gasteiger partial charge on any atom is 0.293 e. The number of benzene rings is 1. The molecule has 2 aliphatic rings. The van der Waals surface area contributed by atoms with Gasteiger partial charge in [0, 0.05) is 19.0 Å². The summed E-state index contributed by atoms with van der Waals surface area (Å²) in [6.07, 6.45) is 8.36. The van der Waals surface area contributed by atoms with Crippen molar-refractivity contribution in [2.24, 2.45) is 5.92 Å². The van der Waals surface area contributed by atoms with Crippen molar-refractivity contribution >= 4 is 34.9 Å². The number of carbonyl (C=O) groups is 3. The Kier molecular flexibility index (Phi) is 5.71. The van der Waals surface area contributed by atoms with Crippen molar-refractivity contribution in [3.8, 4) is 0 Å². The van der Waals surface area contributed by atoms with Crippen LogP contribution in [-0.2, 0) is 9.59 Å². The fourth-order valence-corrected chi connectivity index (χ4v) is 3.73. The number of nitrogens with zero attached hydrogens (tertiary/aromatic N) is 1. The molecule has 1 aromatic rings. The molecule has 0 bridgehead atoms. The van der Waals surface area contributed by atoms with Crippen LogP contribution in [0.5, 0.6) is 0 Å². The van der Waals surface area contributed by atoms with E-state index in [1.54, 1.807) is 6.08 Å². The number of imide groups is 1. The lowest BCUT2D eigenvalue weighted by Gasteiger charge is -2.18. The van der Waals surface area contributed by atoms with E-state index in [9.17, 15) is 14.4 Å². The monoisotopic (exact) mass is 356 g/mol. The Hall–Kier alpha value is -2.34. The fourth-order valence-electron chi connectivity index (χ4n) is 2.86. The summed E-state index contributed by atoms with van der Waals surface area (Å²) in [4.78, 5) is 38.2. The Balaban J connectivity index is 1.53. The third-order valence-electron chi connectivity index (χ3n) is 4.25. The molecule has 1 aromatic carbocycles. The van der Waals surface area contributed by atoms with Crippen LogP contribution in [0.25, 0.3) is 6.08 Å². The lowest BCUT2D eigenvalue weighted by atomic mass is 9.94. The first kappa shape index (κ1) is 17.5. The molecule has 1 fully saturated rings. The zero-order valence-electron chi connectivity index (χ0n) is 13.8. The third kappa shape index (κ3) is 4.39. The summed E-state index contributed by atoms with van der Waals surface area (Å²) in [5.74, 6) is -0.303. The largest absolute Gasteiger partial charge is 0.354 e. The first-order valence-electron chi connectivity index (χ1n) is 8.38. The van der Waals surface area contributed by atoms with Gasteiger partial charge < -0.3 is 5.32 Å². The highest BCUT2D eigenvalue weighted by molar-refractivity contribution is 8.18. The highest BCUT2D eigenvalue weighted by Crippen LogP contribution is 2.31. The van der Waals surface area contributed by atoms with Gasteiger partial charge in [0.1, 0.15) is 0 Å². The molecule has 6 heteroatoms. The molecular formula is C19H20N2O3S. The zero-order valence-corrected chi connectivity index (χ0v) is 14.6. The maximum atomic E-state index is 12.4. The van der Waals surface area contributed by atoms with Gasteiger partial charge in [0.25, 0.3) is 11.1 Å². The lowest BCUT2D eigenvalue weighted by molar-refractivity contribution is -0.126. The summed E-state index contributed by atoms with van der Waals surface area (Å²) < 4.78 is 0. The number of allylic oxidation sites excluding steroid dienone is 2. The van der Waals surface area contributed by atoms with E-state index in [0.29, 0.717) is 4.91 Å². The van der Waals surface area contributed by atoms with Crippen LogP contribution in [0.3, 0.4) is 0 Å². The summed E-state index contributed by atoms with van der Waals surface area (Å²) in [5.41, 5.74) is 0.881. The van der Waals surface area contributed by atoms with E-state index in [2.05, 4.69) is 11.4 Å². The number of thioether (sulfide) groups is 1. The molecule has 0 aromatic heterocycles. The molecule has 1 heterocycles. The van der Waals surface area contributed by atoms with E-state index in [1.807, 2.05) is 36.4 Å². The molecule has 0 saturated carbocycles. The Labute approximate surface area is 151 Å². The van der Waals surface area contributed by atoms with Gasteiger partial charge in [-0.2, -0.15) is 0 Å². The Bertz CT molecular complexity index is 727. The molecule has 3 rings (SSSR count). The normalized spacial score (nSPS) is 21.8. The summed E-state index contributed by atoms with van der Waals surface area (Å²) >= 11 is 0.940. The van der Waals surface area contributed by atoms with Crippen LogP contribution in [-0.4, -0.2) is 35.0 Å². The smallest absolute Gasteiger partial charge is 0.293 e. The van der Waals surface area contributed by atoms with E-state index in [1.165, 1.54) is 4.90 Å². The molecule has 3 amide bonds. The molecular weight excluding hydrogens is 336 g/mol. The predicted molar refractivity (Wildman–Crippen MR) is 98.6 cm³/mol. The molecule has 1 aliphatic heterocycles. The summed E-state index contributed by atoms with van der Waals surface area (Å²) in [5, 5.41) is 2.55. The van der Waals surface area contributed by atoms with E-state index >= 15 is 0 Å². The van der Waals surface area contributed by atoms with Crippen LogP contribution in [0.2, 0.25) is 0 Å². The minimum atomic E-state index is -0.297. The highest BCUT2D eigenvalue weighted by atomic mass is 32.2. The molecule has 1 atom stereocenters. The SMILES string of the molecule is O=C(NCCN1C(=O)S/C(=C/c2ccccc2)C1=O)[C@H]1CC=CCC1. The zero-order chi connectivity index (χ0) is 17.6. The lowest BCUT2D eigenvalue weighted by Crippen LogP contribution is -2.39. The Morgan fingerprint density at radius 2 is 2.04 bits per heavy atom. The van der Waals surface area contributed by atoms with Crippen LogP contribution in [0.4, 0.5) is 4.79 Å². The fraction of sp³-hybridized carbons (Fsp3) is 0.316. The highest BCUT2D eigenvalue weighted by Gasteiger charge is 2.34. The summed E-state index contributed by atoms with van der Waals surface area (Å²) in [7, 11) is 0. The van der Waals surface area contributed by atoms with Crippen LogP contribution in [0, 0.1) is 5.92 Å². The van der Waals surface area contributed by atoms with Crippen molar-refractivity contribution in [2.45, 2.75) is 19.3 Å². The van der Waals surface area contributed by atoms with Crippen LogP contribution < -0.4 is 5.32 Å². The van der Waals surface area contributed by atoms with Gasteiger partial charge in [-0.1, -0.05) is 42.5 Å². The number of hydrogen-bond acceptors (Lipinski definition) is 4. The quantitative estimate of drug-likeness (QED) is 0.650. The van der Waals surface area contributed by atoms with Gasteiger partial charge in [-0.25, -0.2) is 0 Å². The third-order valence-corrected chi connectivity index (χ3v) is 5.15. The minimum absolute atomic E-state index is 0.00195. The predicted octanol–water partition coefficient (Wildman–Crippen LogP) is 3.20. The van der Waals surface area contributed by atoms with Crippen molar-refractivity contribution in [2.75, 3.05) is 13.1 Å². The minimum Gasteiger partial charge on any atom is -0.354 e. The van der Waals surface area contributed by atoms with Crippen molar-refractivity contribution in [1.82, 2.24) is 10.2 Å². The number of carbonyl (C=O) groups excluding carboxylic acids is 3. The van der Waals surface area contributed by atoms with Gasteiger partial charge >= 0.3 is 0 Å². The van der Waals surface area contributed by atoms with E-state index in [0.717, 1.165) is 36.6 Å². The Morgan fingerprint density at radius 1 is 1.24 bits per heavy atom. The Morgan fingerprint density at radius 3 is 2.76 bits per heavy atom. The summed E-state index contributed by atoms with van der Waals surface area (Å²) in [6.45, 7) is 0.487. The molecule has 1 saturated heterocycles.